The minimum atomic E-state index is 0.486. The van der Waals surface area contributed by atoms with Crippen LogP contribution in [0.15, 0.2) is 40.8 Å². The molecule has 0 saturated heterocycles. The molecule has 0 N–H and O–H groups in total. The second-order valence-electron chi connectivity index (χ2n) is 4.93. The maximum atomic E-state index is 6.03. The smallest absolute Gasteiger partial charge is 0.138 e. The summed E-state index contributed by atoms with van der Waals surface area (Å²) in [7, 11) is 0. The molecule has 0 aliphatic carbocycles. The second kappa shape index (κ2) is 3.63. The molecule has 17 heavy (non-hydrogen) atoms. The summed E-state index contributed by atoms with van der Waals surface area (Å²) in [6, 6.07) is 12.7. The number of hydrogen-bond donors (Lipinski definition) is 0. The highest BCUT2D eigenvalue weighted by Crippen LogP contribution is 2.35. The van der Waals surface area contributed by atoms with Crippen LogP contribution in [0.1, 0.15) is 30.9 Å². The second-order valence-corrected chi connectivity index (χ2v) is 4.93. The molecule has 0 unspecified atom stereocenters. The largest absolute Gasteiger partial charge is 0.456 e. The Morgan fingerprint density at radius 2 is 1.76 bits per heavy atom. The van der Waals surface area contributed by atoms with Gasteiger partial charge in [-0.05, 0) is 30.0 Å². The van der Waals surface area contributed by atoms with E-state index in [0.717, 1.165) is 11.2 Å². The van der Waals surface area contributed by atoms with Crippen molar-refractivity contribution in [3.8, 4) is 0 Å². The molecule has 3 aromatic rings. The van der Waals surface area contributed by atoms with E-state index >= 15 is 0 Å². The van der Waals surface area contributed by atoms with Crippen LogP contribution in [0.4, 0.5) is 0 Å². The highest BCUT2D eigenvalue weighted by molar-refractivity contribution is 6.07. The van der Waals surface area contributed by atoms with Gasteiger partial charge in [-0.1, -0.05) is 44.2 Å². The van der Waals surface area contributed by atoms with Crippen LogP contribution in [0.3, 0.4) is 0 Å². The zero-order valence-electron chi connectivity index (χ0n) is 10.4. The van der Waals surface area contributed by atoms with Gasteiger partial charge in [-0.2, -0.15) is 0 Å². The lowest BCUT2D eigenvalue weighted by Gasteiger charge is -2.04. The molecule has 0 spiro atoms. The average Bonchev–Trinajstić information content (AvgIpc) is 2.67. The molecule has 0 saturated carbocycles. The summed E-state index contributed by atoms with van der Waals surface area (Å²) in [5, 5.41) is 2.49. The summed E-state index contributed by atoms with van der Waals surface area (Å²) >= 11 is 0. The zero-order chi connectivity index (χ0) is 12.0. The molecule has 0 atom stereocenters. The van der Waals surface area contributed by atoms with Crippen LogP contribution in [0.5, 0.6) is 0 Å². The van der Waals surface area contributed by atoms with E-state index < -0.39 is 0 Å². The highest BCUT2D eigenvalue weighted by atomic mass is 16.3. The lowest BCUT2D eigenvalue weighted by atomic mass is 9.99. The third kappa shape index (κ3) is 1.46. The number of aryl methyl sites for hydroxylation is 1. The predicted octanol–water partition coefficient (Wildman–Crippen LogP) is 5.02. The SMILES string of the molecule is Cc1cccc2oc3c(C(C)C)cccc3c12. The molecule has 0 bridgehead atoms. The van der Waals surface area contributed by atoms with Gasteiger partial charge in [0.15, 0.2) is 0 Å². The van der Waals surface area contributed by atoms with Gasteiger partial charge in [0.1, 0.15) is 11.2 Å². The quantitative estimate of drug-likeness (QED) is 0.565. The summed E-state index contributed by atoms with van der Waals surface area (Å²) in [5.41, 5.74) is 4.61. The summed E-state index contributed by atoms with van der Waals surface area (Å²) in [4.78, 5) is 0. The van der Waals surface area contributed by atoms with Crippen LogP contribution in [-0.4, -0.2) is 0 Å². The Hall–Kier alpha value is -1.76. The Balaban J connectivity index is 2.52. The van der Waals surface area contributed by atoms with Gasteiger partial charge < -0.3 is 4.42 Å². The number of para-hydroxylation sites is 1. The van der Waals surface area contributed by atoms with Gasteiger partial charge in [-0.15, -0.1) is 0 Å². The minimum Gasteiger partial charge on any atom is -0.456 e. The molecular weight excluding hydrogens is 208 g/mol. The molecule has 1 heterocycles. The Kier molecular flexibility index (Phi) is 2.22. The van der Waals surface area contributed by atoms with Crippen LogP contribution in [-0.2, 0) is 0 Å². The van der Waals surface area contributed by atoms with Gasteiger partial charge in [-0.25, -0.2) is 0 Å². The van der Waals surface area contributed by atoms with Crippen molar-refractivity contribution in [1.82, 2.24) is 0 Å². The Morgan fingerprint density at radius 3 is 2.53 bits per heavy atom. The third-order valence-corrected chi connectivity index (χ3v) is 3.38. The van der Waals surface area contributed by atoms with E-state index in [4.69, 9.17) is 4.42 Å². The maximum absolute atomic E-state index is 6.03. The van der Waals surface area contributed by atoms with E-state index in [1.165, 1.54) is 21.9 Å². The van der Waals surface area contributed by atoms with Crippen molar-refractivity contribution in [3.05, 3.63) is 47.5 Å². The fourth-order valence-electron chi connectivity index (χ4n) is 2.50. The van der Waals surface area contributed by atoms with Crippen LogP contribution in [0.25, 0.3) is 21.9 Å². The van der Waals surface area contributed by atoms with Crippen molar-refractivity contribution in [3.63, 3.8) is 0 Å². The van der Waals surface area contributed by atoms with Crippen molar-refractivity contribution < 1.29 is 4.42 Å². The topological polar surface area (TPSA) is 13.1 Å². The molecular formula is C16H16O. The lowest BCUT2D eigenvalue weighted by molar-refractivity contribution is 0.657. The van der Waals surface area contributed by atoms with Gasteiger partial charge >= 0.3 is 0 Å². The summed E-state index contributed by atoms with van der Waals surface area (Å²) in [6.45, 7) is 6.54. The van der Waals surface area contributed by atoms with Gasteiger partial charge in [0, 0.05) is 10.8 Å². The highest BCUT2D eigenvalue weighted by Gasteiger charge is 2.13. The number of hydrogen-bond acceptors (Lipinski definition) is 1. The van der Waals surface area contributed by atoms with Crippen LogP contribution in [0.2, 0.25) is 0 Å². The van der Waals surface area contributed by atoms with Crippen molar-refractivity contribution in [2.45, 2.75) is 26.7 Å². The molecule has 0 radical (unpaired) electrons. The standard InChI is InChI=1S/C16H16O/c1-10(2)12-7-5-8-13-15-11(3)6-4-9-14(15)17-16(12)13/h4-10H,1-3H3. The number of fused-ring (bicyclic) bond motifs is 3. The molecule has 0 aliphatic rings. The molecule has 1 nitrogen and oxygen atoms in total. The van der Waals surface area contributed by atoms with E-state index in [0.29, 0.717) is 5.92 Å². The normalized spacial score (nSPS) is 11.8. The third-order valence-electron chi connectivity index (χ3n) is 3.38. The van der Waals surface area contributed by atoms with Crippen LogP contribution < -0.4 is 0 Å². The van der Waals surface area contributed by atoms with Crippen molar-refractivity contribution in [1.29, 1.82) is 0 Å². The monoisotopic (exact) mass is 224 g/mol. The van der Waals surface area contributed by atoms with Crippen LogP contribution >= 0.6 is 0 Å². The fourth-order valence-corrected chi connectivity index (χ4v) is 2.50. The van der Waals surface area contributed by atoms with Crippen LogP contribution in [0, 0.1) is 6.92 Å². The number of benzene rings is 2. The van der Waals surface area contributed by atoms with Crippen molar-refractivity contribution >= 4 is 21.9 Å². The van der Waals surface area contributed by atoms with Crippen molar-refractivity contribution in [2.24, 2.45) is 0 Å². The Morgan fingerprint density at radius 1 is 1.00 bits per heavy atom. The van der Waals surface area contributed by atoms with Gasteiger partial charge in [0.2, 0.25) is 0 Å². The van der Waals surface area contributed by atoms with E-state index in [1.807, 2.05) is 6.07 Å². The predicted molar refractivity (Wildman–Crippen MR) is 72.5 cm³/mol. The first-order valence-electron chi connectivity index (χ1n) is 6.09. The molecule has 86 valence electrons. The van der Waals surface area contributed by atoms with E-state index in [2.05, 4.69) is 51.1 Å². The first-order chi connectivity index (χ1) is 8.18. The van der Waals surface area contributed by atoms with Crippen molar-refractivity contribution in [2.75, 3.05) is 0 Å². The molecule has 0 amide bonds. The number of rotatable bonds is 1. The van der Waals surface area contributed by atoms with E-state index in [1.54, 1.807) is 0 Å². The van der Waals surface area contributed by atoms with Gasteiger partial charge in [0.05, 0.1) is 0 Å². The first kappa shape index (κ1) is 10.4. The van der Waals surface area contributed by atoms with Gasteiger partial charge in [0.25, 0.3) is 0 Å². The molecule has 0 fully saturated rings. The van der Waals surface area contributed by atoms with Gasteiger partial charge in [-0.3, -0.25) is 0 Å². The summed E-state index contributed by atoms with van der Waals surface area (Å²) in [5.74, 6) is 0.486. The fraction of sp³-hybridized carbons (Fsp3) is 0.250. The number of furan rings is 1. The summed E-state index contributed by atoms with van der Waals surface area (Å²) in [6.07, 6.45) is 0. The maximum Gasteiger partial charge on any atom is 0.138 e. The zero-order valence-corrected chi connectivity index (χ0v) is 10.4. The van der Waals surface area contributed by atoms with E-state index in [9.17, 15) is 0 Å². The lowest BCUT2D eigenvalue weighted by Crippen LogP contribution is -1.86. The molecule has 0 aliphatic heterocycles. The first-order valence-corrected chi connectivity index (χ1v) is 6.09. The summed E-state index contributed by atoms with van der Waals surface area (Å²) < 4.78 is 6.03. The molecule has 3 rings (SSSR count). The van der Waals surface area contributed by atoms with E-state index in [-0.39, 0.29) is 0 Å². The average molecular weight is 224 g/mol. The molecule has 2 aromatic carbocycles. The minimum absolute atomic E-state index is 0.486. The Bertz CT molecular complexity index is 689. The molecule has 1 aromatic heterocycles. The Labute approximate surface area is 101 Å². The molecule has 1 heteroatoms.